The number of hydrogen-bond acceptors (Lipinski definition) is 5. The minimum Gasteiger partial charge on any atom is -0.326 e. The number of nitrogens with zero attached hydrogens (tertiary/aromatic N) is 3. The maximum Gasteiger partial charge on any atom is 0.228 e. The Kier molecular flexibility index (Phi) is 4.94. The number of sulfone groups is 1. The molecule has 27 heavy (non-hydrogen) atoms. The van der Waals surface area contributed by atoms with Gasteiger partial charge in [0.05, 0.1) is 22.4 Å². The SMILES string of the molecule is O=C(Nc1ccc(Cl)c(-c2nnc3n2CCCCC3)c1)[C@@H]1CCS(=O)(=O)C1. The number of halogens is 1. The van der Waals surface area contributed by atoms with Crippen LogP contribution in [0.5, 0.6) is 0 Å². The molecule has 1 fully saturated rings. The summed E-state index contributed by atoms with van der Waals surface area (Å²) >= 11 is 6.40. The van der Waals surface area contributed by atoms with Gasteiger partial charge in [0.1, 0.15) is 5.82 Å². The van der Waals surface area contributed by atoms with Gasteiger partial charge >= 0.3 is 0 Å². The molecule has 2 aromatic rings. The van der Waals surface area contributed by atoms with Crippen molar-refractivity contribution in [3.63, 3.8) is 0 Å². The molecule has 1 aromatic carbocycles. The van der Waals surface area contributed by atoms with Gasteiger partial charge < -0.3 is 9.88 Å². The van der Waals surface area contributed by atoms with E-state index in [-0.39, 0.29) is 17.4 Å². The molecule has 2 aliphatic heterocycles. The Morgan fingerprint density at radius 3 is 2.85 bits per heavy atom. The van der Waals surface area contributed by atoms with Crippen LogP contribution in [0.15, 0.2) is 18.2 Å². The van der Waals surface area contributed by atoms with Crippen molar-refractivity contribution >= 4 is 33.0 Å². The zero-order valence-electron chi connectivity index (χ0n) is 14.8. The van der Waals surface area contributed by atoms with E-state index in [0.29, 0.717) is 28.5 Å². The highest BCUT2D eigenvalue weighted by Crippen LogP contribution is 2.31. The number of amides is 1. The lowest BCUT2D eigenvalue weighted by Crippen LogP contribution is -2.23. The molecular formula is C18H21ClN4O3S. The second-order valence-electron chi connectivity index (χ2n) is 7.19. The molecule has 0 spiro atoms. The Balaban J connectivity index is 1.59. The highest BCUT2D eigenvalue weighted by atomic mass is 35.5. The molecule has 1 saturated heterocycles. The standard InChI is InChI=1S/C18H21ClN4O3S/c19-15-6-5-13(20-18(24)12-7-9-27(25,26)11-12)10-14(15)17-22-21-16-4-2-1-3-8-23(16)17/h5-6,10,12H,1-4,7-9,11H2,(H,20,24)/t12-/m1/s1. The van der Waals surface area contributed by atoms with Crippen molar-refractivity contribution in [3.8, 4) is 11.4 Å². The Morgan fingerprint density at radius 2 is 2.07 bits per heavy atom. The lowest BCUT2D eigenvalue weighted by atomic mass is 10.1. The number of nitrogens with one attached hydrogen (secondary N) is 1. The van der Waals surface area contributed by atoms with E-state index >= 15 is 0 Å². The molecule has 3 heterocycles. The number of carbonyl (C=O) groups excluding carboxylic acids is 1. The quantitative estimate of drug-likeness (QED) is 0.842. The molecule has 1 amide bonds. The van der Waals surface area contributed by atoms with Gasteiger partial charge in [-0.1, -0.05) is 18.0 Å². The maximum absolute atomic E-state index is 12.4. The zero-order chi connectivity index (χ0) is 19.0. The smallest absolute Gasteiger partial charge is 0.228 e. The van der Waals surface area contributed by atoms with Crippen molar-refractivity contribution in [3.05, 3.63) is 29.0 Å². The molecule has 0 bridgehead atoms. The molecule has 1 aromatic heterocycles. The summed E-state index contributed by atoms with van der Waals surface area (Å²) in [7, 11) is -3.10. The van der Waals surface area contributed by atoms with Crippen LogP contribution in [0.4, 0.5) is 5.69 Å². The first kappa shape index (κ1) is 18.4. The van der Waals surface area contributed by atoms with E-state index in [9.17, 15) is 13.2 Å². The molecule has 2 aliphatic rings. The molecule has 0 unspecified atom stereocenters. The lowest BCUT2D eigenvalue weighted by molar-refractivity contribution is -0.119. The maximum atomic E-state index is 12.4. The van der Waals surface area contributed by atoms with Crippen molar-refractivity contribution in [1.82, 2.24) is 14.8 Å². The van der Waals surface area contributed by atoms with Crippen LogP contribution in [0.25, 0.3) is 11.4 Å². The fraction of sp³-hybridized carbons (Fsp3) is 0.500. The highest BCUT2D eigenvalue weighted by Gasteiger charge is 2.33. The van der Waals surface area contributed by atoms with Crippen molar-refractivity contribution in [2.24, 2.45) is 5.92 Å². The monoisotopic (exact) mass is 408 g/mol. The van der Waals surface area contributed by atoms with Gasteiger partial charge in [-0.05, 0) is 37.5 Å². The number of rotatable bonds is 3. The average molecular weight is 409 g/mol. The van der Waals surface area contributed by atoms with E-state index in [0.717, 1.165) is 38.1 Å². The van der Waals surface area contributed by atoms with Crippen molar-refractivity contribution < 1.29 is 13.2 Å². The Labute approximate surface area is 163 Å². The van der Waals surface area contributed by atoms with E-state index in [1.54, 1.807) is 18.2 Å². The number of aryl methyl sites for hydroxylation is 1. The van der Waals surface area contributed by atoms with Crippen LogP contribution in [-0.2, 0) is 27.6 Å². The van der Waals surface area contributed by atoms with Crippen LogP contribution < -0.4 is 5.32 Å². The summed E-state index contributed by atoms with van der Waals surface area (Å²) in [5, 5.41) is 12.0. The third-order valence-corrected chi connectivity index (χ3v) is 7.29. The summed E-state index contributed by atoms with van der Waals surface area (Å²) in [5.41, 5.74) is 1.30. The molecule has 0 saturated carbocycles. The molecule has 0 aliphatic carbocycles. The number of fused-ring (bicyclic) bond motifs is 1. The predicted octanol–water partition coefficient (Wildman–Crippen LogP) is 2.70. The Morgan fingerprint density at radius 1 is 1.22 bits per heavy atom. The Bertz CT molecular complexity index is 986. The fourth-order valence-electron chi connectivity index (χ4n) is 3.70. The van der Waals surface area contributed by atoms with E-state index in [2.05, 4.69) is 20.1 Å². The van der Waals surface area contributed by atoms with Crippen LogP contribution in [0.2, 0.25) is 5.02 Å². The molecule has 7 nitrogen and oxygen atoms in total. The second kappa shape index (κ2) is 7.24. The highest BCUT2D eigenvalue weighted by molar-refractivity contribution is 7.91. The van der Waals surface area contributed by atoms with Crippen LogP contribution in [0.1, 0.15) is 31.5 Å². The van der Waals surface area contributed by atoms with Crippen molar-refractivity contribution in [2.75, 3.05) is 16.8 Å². The minimum absolute atomic E-state index is 0.0723. The molecule has 4 rings (SSSR count). The van der Waals surface area contributed by atoms with Crippen LogP contribution in [0, 0.1) is 5.92 Å². The van der Waals surface area contributed by atoms with Crippen LogP contribution in [-0.4, -0.2) is 40.6 Å². The average Bonchev–Trinajstić information content (AvgIpc) is 3.11. The van der Waals surface area contributed by atoms with Crippen LogP contribution >= 0.6 is 11.6 Å². The van der Waals surface area contributed by atoms with Gasteiger partial charge in [-0.3, -0.25) is 4.79 Å². The van der Waals surface area contributed by atoms with E-state index < -0.39 is 15.8 Å². The predicted molar refractivity (Wildman–Crippen MR) is 103 cm³/mol. The normalized spacial score (nSPS) is 21.4. The largest absolute Gasteiger partial charge is 0.326 e. The number of benzene rings is 1. The molecular weight excluding hydrogens is 388 g/mol. The molecule has 1 atom stereocenters. The zero-order valence-corrected chi connectivity index (χ0v) is 16.4. The lowest BCUT2D eigenvalue weighted by Gasteiger charge is -2.12. The van der Waals surface area contributed by atoms with Gasteiger partial charge in [0.15, 0.2) is 15.7 Å². The fourth-order valence-corrected chi connectivity index (χ4v) is 5.65. The number of anilines is 1. The van der Waals surface area contributed by atoms with Gasteiger partial charge in [0.25, 0.3) is 0 Å². The van der Waals surface area contributed by atoms with E-state index in [1.165, 1.54) is 0 Å². The van der Waals surface area contributed by atoms with E-state index in [4.69, 9.17) is 11.6 Å². The Hall–Kier alpha value is -1.93. The van der Waals surface area contributed by atoms with E-state index in [1.807, 2.05) is 0 Å². The third kappa shape index (κ3) is 3.87. The number of carbonyl (C=O) groups is 1. The molecule has 1 N–H and O–H groups in total. The summed E-state index contributed by atoms with van der Waals surface area (Å²) < 4.78 is 25.3. The first-order valence-corrected chi connectivity index (χ1v) is 11.4. The topological polar surface area (TPSA) is 93.9 Å². The summed E-state index contributed by atoms with van der Waals surface area (Å²) in [6.07, 6.45) is 4.61. The van der Waals surface area contributed by atoms with Crippen LogP contribution in [0.3, 0.4) is 0 Å². The second-order valence-corrected chi connectivity index (χ2v) is 9.82. The minimum atomic E-state index is -3.10. The first-order chi connectivity index (χ1) is 12.9. The van der Waals surface area contributed by atoms with Crippen molar-refractivity contribution in [1.29, 1.82) is 0 Å². The number of aromatic nitrogens is 3. The van der Waals surface area contributed by atoms with Gasteiger partial charge in [0, 0.05) is 24.2 Å². The van der Waals surface area contributed by atoms with Gasteiger partial charge in [-0.25, -0.2) is 8.42 Å². The van der Waals surface area contributed by atoms with Gasteiger partial charge in [-0.2, -0.15) is 0 Å². The van der Waals surface area contributed by atoms with Gasteiger partial charge in [-0.15, -0.1) is 10.2 Å². The third-order valence-electron chi connectivity index (χ3n) is 5.19. The first-order valence-electron chi connectivity index (χ1n) is 9.16. The molecule has 9 heteroatoms. The summed E-state index contributed by atoms with van der Waals surface area (Å²) in [6, 6.07) is 5.22. The molecule has 0 radical (unpaired) electrons. The number of hydrogen-bond donors (Lipinski definition) is 1. The summed E-state index contributed by atoms with van der Waals surface area (Å²) in [4.78, 5) is 12.4. The summed E-state index contributed by atoms with van der Waals surface area (Å²) in [6.45, 7) is 0.852. The van der Waals surface area contributed by atoms with Crippen molar-refractivity contribution in [2.45, 2.75) is 38.6 Å². The molecule has 144 valence electrons. The van der Waals surface area contributed by atoms with Gasteiger partial charge in [0.2, 0.25) is 5.91 Å². The summed E-state index contributed by atoms with van der Waals surface area (Å²) in [5.74, 6) is 0.878.